The van der Waals surface area contributed by atoms with Crippen LogP contribution in [-0.2, 0) is 16.0 Å². The van der Waals surface area contributed by atoms with Crippen molar-refractivity contribution >= 4 is 11.9 Å². The lowest BCUT2D eigenvalue weighted by Gasteiger charge is -2.30. The van der Waals surface area contributed by atoms with E-state index in [1.807, 2.05) is 0 Å². The molecule has 2 N–H and O–H groups in total. The van der Waals surface area contributed by atoms with E-state index in [0.29, 0.717) is 0 Å². The Morgan fingerprint density at radius 1 is 1.30 bits per heavy atom. The zero-order valence-electron chi connectivity index (χ0n) is 27.6. The van der Waals surface area contributed by atoms with Crippen molar-refractivity contribution in [3.05, 3.63) is 35.8 Å². The van der Waals surface area contributed by atoms with Crippen molar-refractivity contribution in [2.45, 2.75) is 51.8 Å². The highest BCUT2D eigenvalue weighted by molar-refractivity contribution is 5.85. The van der Waals surface area contributed by atoms with Crippen LogP contribution in [0, 0.1) is 17.7 Å². The number of carbonyl (C=O) groups excluding carboxylic acids is 1. The van der Waals surface area contributed by atoms with E-state index in [4.69, 9.17) is 20.6 Å². The second kappa shape index (κ2) is 8.14. The van der Waals surface area contributed by atoms with Gasteiger partial charge in [-0.3, -0.25) is 4.79 Å². The summed E-state index contributed by atoms with van der Waals surface area (Å²) in [6.07, 6.45) is -16.1. The zero-order valence-corrected chi connectivity index (χ0v) is 12.6. The van der Waals surface area contributed by atoms with E-state index in [9.17, 15) is 14.7 Å². The number of aliphatic carboxylic acids is 1. The Kier molecular flexibility index (Phi) is 2.20. The number of amides is 1. The minimum absolute atomic E-state index is 0.562. The minimum Gasteiger partial charge on any atom is -0.480 e. The van der Waals surface area contributed by atoms with Crippen LogP contribution in [0.2, 0.25) is 0 Å². The molecule has 0 spiro atoms. The Bertz CT molecular complexity index is 1110. The first kappa shape index (κ1) is 6.23. The Morgan fingerprint density at radius 3 is 2.43 bits per heavy atom. The van der Waals surface area contributed by atoms with Gasteiger partial charge in [0.2, 0.25) is 5.91 Å². The molecule has 1 aromatic carbocycles. The standard InChI is InChI=1S/C19H27NO3/c1-13(2)15-8-10-16(11-9-15)18(21)20-17(19(22)23)12-14-6-4-3-5-7-14/h3-7,13,15-17H,8-12H2,1-2H3,(H,20,21)(H,22,23)/t15?,16?,17-/m1/s1/i3D,4D,5D,6D,7D,8D2,9D2,10D2,11D2,15D,16D. The average molecular weight is 333 g/mol. The second-order valence-electron chi connectivity index (χ2n) is 5.12. The van der Waals surface area contributed by atoms with E-state index in [1.54, 1.807) is 5.32 Å². The van der Waals surface area contributed by atoms with Crippen molar-refractivity contribution in [1.29, 1.82) is 0 Å². The van der Waals surface area contributed by atoms with Crippen molar-refractivity contribution in [2.75, 3.05) is 0 Å². The van der Waals surface area contributed by atoms with Gasteiger partial charge in [-0.05, 0) is 42.9 Å². The highest BCUT2D eigenvalue weighted by atomic mass is 16.4. The third kappa shape index (κ3) is 5.08. The molecule has 1 aromatic rings. The SMILES string of the molecule is [2H]c1c([2H])c([2H])c(C[C@@H](NC(=O)C2([2H])C([2H])([2H])C([2H])([2H])C([2H])(C(C)C)C([2H])([2H])C2([2H])[2H])C(=O)O)c([2H])c1[2H]. The molecule has 0 unspecified atom stereocenters. The quantitative estimate of drug-likeness (QED) is 0.840. The highest BCUT2D eigenvalue weighted by Crippen LogP contribution is 2.33. The number of hydrogen-bond acceptors (Lipinski definition) is 2. The fourth-order valence-corrected chi connectivity index (χ4v) is 1.74. The van der Waals surface area contributed by atoms with Crippen LogP contribution in [0.25, 0.3) is 0 Å². The number of carboxylic acid groups (broad SMARTS) is 1. The fraction of sp³-hybridized carbons (Fsp3) is 0.579. The molecule has 0 aromatic heterocycles. The lowest BCUT2D eigenvalue weighted by atomic mass is 9.76. The van der Waals surface area contributed by atoms with Crippen molar-refractivity contribution in [2.24, 2.45) is 17.7 Å². The van der Waals surface area contributed by atoms with Crippen molar-refractivity contribution in [3.63, 3.8) is 0 Å². The number of nitrogens with one attached hydrogen (secondary N) is 1. The topological polar surface area (TPSA) is 66.4 Å². The fourth-order valence-electron chi connectivity index (χ4n) is 1.74. The van der Waals surface area contributed by atoms with E-state index in [2.05, 4.69) is 0 Å². The molecule has 1 aliphatic rings. The molecule has 1 atom stereocenters. The molecule has 0 heterocycles. The van der Waals surface area contributed by atoms with E-state index in [1.165, 1.54) is 0 Å². The third-order valence-electron chi connectivity index (χ3n) is 3.01. The molecule has 23 heavy (non-hydrogen) atoms. The Labute approximate surface area is 159 Å². The highest BCUT2D eigenvalue weighted by Gasteiger charge is 2.30. The van der Waals surface area contributed by atoms with Crippen molar-refractivity contribution in [3.8, 4) is 0 Å². The van der Waals surface area contributed by atoms with Gasteiger partial charge in [-0.25, -0.2) is 4.79 Å². The van der Waals surface area contributed by atoms with Crippen LogP contribution >= 0.6 is 0 Å². The van der Waals surface area contributed by atoms with Gasteiger partial charge in [-0.2, -0.15) is 0 Å². The largest absolute Gasteiger partial charge is 0.480 e. The van der Waals surface area contributed by atoms with E-state index < -0.39 is 103 Å². The van der Waals surface area contributed by atoms with Crippen LogP contribution in [0.5, 0.6) is 0 Å². The van der Waals surface area contributed by atoms with Crippen LogP contribution in [0.15, 0.2) is 30.2 Å². The molecule has 1 aliphatic carbocycles. The molecule has 126 valence electrons. The van der Waals surface area contributed by atoms with Crippen molar-refractivity contribution in [1.82, 2.24) is 5.32 Å². The third-order valence-corrected chi connectivity index (χ3v) is 3.01. The summed E-state index contributed by atoms with van der Waals surface area (Å²) < 4.78 is 123. The normalized spacial score (nSPS) is 47.2. The van der Waals surface area contributed by atoms with Gasteiger partial charge in [-0.1, -0.05) is 44.1 Å². The first-order chi connectivity index (χ1) is 16.8. The molecule has 1 amide bonds. The molecule has 1 fully saturated rings. The average Bonchev–Trinajstić information content (AvgIpc) is 2.80. The summed E-state index contributed by atoms with van der Waals surface area (Å²) in [4.78, 5) is 25.3. The van der Waals surface area contributed by atoms with Gasteiger partial charge in [0.15, 0.2) is 0 Å². The summed E-state index contributed by atoms with van der Waals surface area (Å²) in [5.41, 5.74) is -0.562. The van der Waals surface area contributed by atoms with Gasteiger partial charge in [-0.15, -0.1) is 0 Å². The Hall–Kier alpha value is -1.84. The van der Waals surface area contributed by atoms with Gasteiger partial charge in [0.25, 0.3) is 0 Å². The number of carboxylic acids is 1. The van der Waals surface area contributed by atoms with E-state index in [0.717, 1.165) is 13.8 Å². The van der Waals surface area contributed by atoms with Crippen LogP contribution in [-0.4, -0.2) is 23.0 Å². The van der Waals surface area contributed by atoms with Gasteiger partial charge in [0, 0.05) is 26.0 Å². The Balaban J connectivity index is 2.70. The molecule has 4 heteroatoms. The molecule has 0 aliphatic heterocycles. The zero-order chi connectivity index (χ0) is 30.2. The molecule has 0 radical (unpaired) electrons. The van der Waals surface area contributed by atoms with Gasteiger partial charge >= 0.3 is 5.97 Å². The predicted molar refractivity (Wildman–Crippen MR) is 90.0 cm³/mol. The first-order valence-corrected chi connectivity index (χ1v) is 6.91. The maximum absolute atomic E-state index is 13.3. The summed E-state index contributed by atoms with van der Waals surface area (Å²) in [5, 5.41) is 11.4. The number of benzene rings is 1. The molecule has 4 nitrogen and oxygen atoms in total. The molecular formula is C19H27NO3. The molecule has 0 saturated heterocycles. The smallest absolute Gasteiger partial charge is 0.326 e. The lowest BCUT2D eigenvalue weighted by Crippen LogP contribution is -2.45. The second-order valence-corrected chi connectivity index (χ2v) is 5.12. The molecule has 2 rings (SSSR count). The van der Waals surface area contributed by atoms with E-state index >= 15 is 0 Å². The summed E-state index contributed by atoms with van der Waals surface area (Å²) in [7, 11) is 0. The molecule has 1 saturated carbocycles. The summed E-state index contributed by atoms with van der Waals surface area (Å²) >= 11 is 0. The van der Waals surface area contributed by atoms with Crippen LogP contribution in [0.3, 0.4) is 0 Å². The van der Waals surface area contributed by atoms with Gasteiger partial charge in [0.1, 0.15) is 6.04 Å². The molecular weight excluding hydrogens is 290 g/mol. The van der Waals surface area contributed by atoms with Crippen LogP contribution in [0.4, 0.5) is 0 Å². The minimum atomic E-state index is -3.99. The Morgan fingerprint density at radius 2 is 1.91 bits per heavy atom. The summed E-state index contributed by atoms with van der Waals surface area (Å²) in [6, 6.07) is -6.22. The van der Waals surface area contributed by atoms with E-state index in [-0.39, 0.29) is 0 Å². The lowest BCUT2D eigenvalue weighted by molar-refractivity contribution is -0.142. The first-order valence-electron chi connectivity index (χ1n) is 14.4. The van der Waals surface area contributed by atoms with Gasteiger partial charge < -0.3 is 10.4 Å². The number of hydrogen-bond donors (Lipinski definition) is 2. The van der Waals surface area contributed by atoms with Crippen molar-refractivity contribution < 1.29 is 35.3 Å². The summed E-state index contributed by atoms with van der Waals surface area (Å²) in [6.45, 7) is 2.32. The van der Waals surface area contributed by atoms with Gasteiger partial charge in [0.05, 0.1) is 6.85 Å². The van der Waals surface area contributed by atoms with Crippen LogP contribution in [0.1, 0.15) is 65.5 Å². The van der Waals surface area contributed by atoms with Crippen LogP contribution < -0.4 is 5.32 Å². The maximum Gasteiger partial charge on any atom is 0.326 e. The predicted octanol–water partition coefficient (Wildman–Crippen LogP) is 3.26. The maximum atomic E-state index is 13.3. The number of rotatable bonds is 6. The monoisotopic (exact) mass is 332 g/mol. The molecule has 0 bridgehead atoms. The number of carbonyl (C=O) groups is 2. The summed E-state index contributed by atoms with van der Waals surface area (Å²) in [5.74, 6) is -12.4.